The van der Waals surface area contributed by atoms with E-state index in [-0.39, 0.29) is 28.7 Å². The number of esters is 1. The summed E-state index contributed by atoms with van der Waals surface area (Å²) >= 11 is 0. The van der Waals surface area contributed by atoms with E-state index in [2.05, 4.69) is 11.6 Å². The van der Waals surface area contributed by atoms with E-state index in [1.807, 2.05) is 19.9 Å². The minimum Gasteiger partial charge on any atom is -0.458 e. The molecule has 24 heavy (non-hydrogen) atoms. The van der Waals surface area contributed by atoms with Crippen molar-refractivity contribution in [2.45, 2.75) is 20.8 Å². The molecule has 1 aromatic carbocycles. The molecule has 0 radical (unpaired) electrons. The molecule has 0 aliphatic heterocycles. The summed E-state index contributed by atoms with van der Waals surface area (Å²) in [5, 5.41) is 0.739. The van der Waals surface area contributed by atoms with Gasteiger partial charge in [0.15, 0.2) is 0 Å². The number of aromatic nitrogens is 1. The average Bonchev–Trinajstić information content (AvgIpc) is 2.54. The van der Waals surface area contributed by atoms with Crippen LogP contribution >= 0.6 is 0 Å². The standard InChI is InChI=1S/C19H17NO4/c1-5-6-23-19(22)13-9-15-17(21)14-7-10(2)11(3)8-16(14)24-18(15)20-12(13)4/h5,7-9H,1,6H2,2-4H3. The van der Waals surface area contributed by atoms with Gasteiger partial charge in [-0.1, -0.05) is 12.7 Å². The number of pyridine rings is 1. The van der Waals surface area contributed by atoms with E-state index in [4.69, 9.17) is 9.15 Å². The molecule has 2 aromatic heterocycles. The van der Waals surface area contributed by atoms with Crippen molar-refractivity contribution in [2.75, 3.05) is 6.61 Å². The maximum atomic E-state index is 12.8. The Kier molecular flexibility index (Phi) is 3.93. The van der Waals surface area contributed by atoms with Crippen LogP contribution in [0.15, 0.2) is 40.1 Å². The zero-order valence-corrected chi connectivity index (χ0v) is 13.8. The first-order chi connectivity index (χ1) is 11.4. The maximum absolute atomic E-state index is 12.8. The first-order valence-electron chi connectivity index (χ1n) is 7.56. The van der Waals surface area contributed by atoms with Crippen molar-refractivity contribution >= 4 is 28.0 Å². The fraction of sp³-hybridized carbons (Fsp3) is 0.211. The highest BCUT2D eigenvalue weighted by atomic mass is 16.5. The first-order valence-corrected chi connectivity index (χ1v) is 7.56. The molecule has 0 saturated carbocycles. The second kappa shape index (κ2) is 5.92. The molecule has 0 N–H and O–H groups in total. The zero-order valence-electron chi connectivity index (χ0n) is 13.8. The van der Waals surface area contributed by atoms with Crippen LogP contribution in [-0.2, 0) is 4.74 Å². The Morgan fingerprint density at radius 1 is 1.21 bits per heavy atom. The third-order valence-corrected chi connectivity index (χ3v) is 4.02. The predicted octanol–water partition coefficient (Wildman–Crippen LogP) is 3.61. The van der Waals surface area contributed by atoms with E-state index >= 15 is 0 Å². The van der Waals surface area contributed by atoms with Gasteiger partial charge in [0.05, 0.1) is 22.0 Å². The molecule has 2 heterocycles. The highest BCUT2D eigenvalue weighted by molar-refractivity contribution is 5.96. The minimum absolute atomic E-state index is 0.0983. The van der Waals surface area contributed by atoms with Gasteiger partial charge in [0.2, 0.25) is 11.1 Å². The van der Waals surface area contributed by atoms with E-state index < -0.39 is 5.97 Å². The van der Waals surface area contributed by atoms with Gasteiger partial charge in [-0.05, 0) is 50.1 Å². The molecule has 0 aliphatic rings. The molecule has 0 unspecified atom stereocenters. The molecule has 0 atom stereocenters. The van der Waals surface area contributed by atoms with Gasteiger partial charge in [-0.15, -0.1) is 0 Å². The lowest BCUT2D eigenvalue weighted by molar-refractivity contribution is 0.0548. The zero-order chi connectivity index (χ0) is 17.4. The van der Waals surface area contributed by atoms with Gasteiger partial charge in [-0.3, -0.25) is 4.79 Å². The second-order valence-electron chi connectivity index (χ2n) is 5.73. The average molecular weight is 323 g/mol. The molecular weight excluding hydrogens is 306 g/mol. The van der Waals surface area contributed by atoms with Crippen molar-refractivity contribution in [3.05, 3.63) is 63.5 Å². The number of fused-ring (bicyclic) bond motifs is 2. The number of hydrogen-bond acceptors (Lipinski definition) is 5. The largest absolute Gasteiger partial charge is 0.458 e. The summed E-state index contributed by atoms with van der Waals surface area (Å²) < 4.78 is 10.8. The van der Waals surface area contributed by atoms with Crippen LogP contribution in [0.3, 0.4) is 0 Å². The quantitative estimate of drug-likeness (QED) is 0.418. The summed E-state index contributed by atoms with van der Waals surface area (Å²) in [6.45, 7) is 9.17. The van der Waals surface area contributed by atoms with E-state index in [0.29, 0.717) is 16.7 Å². The molecule has 0 aliphatic carbocycles. The van der Waals surface area contributed by atoms with Gasteiger partial charge in [0.1, 0.15) is 12.2 Å². The molecule has 0 saturated heterocycles. The topological polar surface area (TPSA) is 69.4 Å². The van der Waals surface area contributed by atoms with E-state index in [0.717, 1.165) is 11.1 Å². The molecular formula is C19H17NO4. The number of nitrogens with zero attached hydrogens (tertiary/aromatic N) is 1. The number of benzene rings is 1. The Labute approximate surface area is 138 Å². The fourth-order valence-electron chi connectivity index (χ4n) is 2.54. The van der Waals surface area contributed by atoms with Crippen LogP contribution in [0.4, 0.5) is 0 Å². The SMILES string of the molecule is C=CCOC(=O)c1cc2c(=O)c3cc(C)c(C)cc3oc2nc1C. The molecule has 0 amide bonds. The Bertz CT molecular complexity index is 1050. The van der Waals surface area contributed by atoms with Crippen LogP contribution < -0.4 is 5.43 Å². The maximum Gasteiger partial charge on any atom is 0.340 e. The summed E-state index contributed by atoms with van der Waals surface area (Å²) in [6, 6.07) is 5.11. The highest BCUT2D eigenvalue weighted by Crippen LogP contribution is 2.22. The third kappa shape index (κ3) is 2.58. The predicted molar refractivity (Wildman–Crippen MR) is 92.5 cm³/mol. The van der Waals surface area contributed by atoms with Gasteiger partial charge in [0, 0.05) is 0 Å². The fourth-order valence-corrected chi connectivity index (χ4v) is 2.54. The number of carbonyl (C=O) groups is 1. The molecule has 0 bridgehead atoms. The van der Waals surface area contributed by atoms with Gasteiger partial charge in [0.25, 0.3) is 0 Å². The van der Waals surface area contributed by atoms with Crippen molar-refractivity contribution in [1.29, 1.82) is 0 Å². The van der Waals surface area contributed by atoms with Crippen molar-refractivity contribution in [2.24, 2.45) is 0 Å². The summed E-state index contributed by atoms with van der Waals surface area (Å²) in [5.41, 5.74) is 3.23. The Balaban J connectivity index is 2.29. The molecule has 0 spiro atoms. The van der Waals surface area contributed by atoms with Crippen molar-refractivity contribution < 1.29 is 13.9 Å². The van der Waals surface area contributed by atoms with Gasteiger partial charge in [-0.2, -0.15) is 0 Å². The smallest absolute Gasteiger partial charge is 0.340 e. The number of hydrogen-bond donors (Lipinski definition) is 0. The van der Waals surface area contributed by atoms with Crippen LogP contribution in [0.5, 0.6) is 0 Å². The Hall–Kier alpha value is -2.95. The molecule has 3 rings (SSSR count). The van der Waals surface area contributed by atoms with Gasteiger partial charge < -0.3 is 9.15 Å². The minimum atomic E-state index is -0.540. The number of aryl methyl sites for hydroxylation is 3. The molecule has 122 valence electrons. The highest BCUT2D eigenvalue weighted by Gasteiger charge is 2.17. The van der Waals surface area contributed by atoms with Crippen LogP contribution in [0, 0.1) is 20.8 Å². The van der Waals surface area contributed by atoms with E-state index in [1.165, 1.54) is 12.1 Å². The normalized spacial score (nSPS) is 11.0. The van der Waals surface area contributed by atoms with E-state index in [9.17, 15) is 9.59 Å². The summed E-state index contributed by atoms with van der Waals surface area (Å²) in [7, 11) is 0. The number of ether oxygens (including phenoxy) is 1. The lowest BCUT2D eigenvalue weighted by Gasteiger charge is -2.08. The van der Waals surface area contributed by atoms with Crippen molar-refractivity contribution in [3.63, 3.8) is 0 Å². The summed E-state index contributed by atoms with van der Waals surface area (Å²) in [6.07, 6.45) is 1.48. The second-order valence-corrected chi connectivity index (χ2v) is 5.73. The van der Waals surface area contributed by atoms with Crippen LogP contribution in [0.25, 0.3) is 22.1 Å². The summed E-state index contributed by atoms with van der Waals surface area (Å²) in [5.74, 6) is -0.540. The lowest BCUT2D eigenvalue weighted by Crippen LogP contribution is -2.11. The lowest BCUT2D eigenvalue weighted by atomic mass is 10.1. The van der Waals surface area contributed by atoms with Crippen molar-refractivity contribution in [3.8, 4) is 0 Å². The first kappa shape index (κ1) is 15.9. The molecule has 0 fully saturated rings. The number of carbonyl (C=O) groups excluding carboxylic acids is 1. The van der Waals surface area contributed by atoms with Crippen LogP contribution in [0.1, 0.15) is 27.2 Å². The van der Waals surface area contributed by atoms with Gasteiger partial charge in [-0.25, -0.2) is 9.78 Å². The number of rotatable bonds is 3. The summed E-state index contributed by atoms with van der Waals surface area (Å²) in [4.78, 5) is 29.2. The van der Waals surface area contributed by atoms with Gasteiger partial charge >= 0.3 is 5.97 Å². The molecule has 3 aromatic rings. The van der Waals surface area contributed by atoms with Crippen molar-refractivity contribution in [1.82, 2.24) is 4.98 Å². The Morgan fingerprint density at radius 2 is 1.92 bits per heavy atom. The van der Waals surface area contributed by atoms with Crippen LogP contribution in [0.2, 0.25) is 0 Å². The Morgan fingerprint density at radius 3 is 2.62 bits per heavy atom. The van der Waals surface area contributed by atoms with E-state index in [1.54, 1.807) is 13.0 Å². The molecule has 5 heteroatoms. The third-order valence-electron chi connectivity index (χ3n) is 4.02. The monoisotopic (exact) mass is 323 g/mol. The molecule has 5 nitrogen and oxygen atoms in total. The van der Waals surface area contributed by atoms with Crippen LogP contribution in [-0.4, -0.2) is 17.6 Å².